The number of ether oxygens (including phenoxy) is 1. The number of thiazole rings is 1. The Labute approximate surface area is 219 Å². The molecule has 0 saturated heterocycles. The van der Waals surface area contributed by atoms with Crippen molar-refractivity contribution in [2.45, 2.75) is 105 Å². The second-order valence-electron chi connectivity index (χ2n) is 10.6. The van der Waals surface area contributed by atoms with Gasteiger partial charge >= 0.3 is 5.97 Å². The highest BCUT2D eigenvalue weighted by molar-refractivity contribution is 7.09. The van der Waals surface area contributed by atoms with Gasteiger partial charge in [-0.3, -0.25) is 9.59 Å². The minimum absolute atomic E-state index is 0.0623. The van der Waals surface area contributed by atoms with Crippen molar-refractivity contribution >= 4 is 29.2 Å². The smallest absolute Gasteiger partial charge is 0.309 e. The van der Waals surface area contributed by atoms with E-state index in [-0.39, 0.29) is 24.7 Å². The monoisotopic (exact) mass is 521 g/mol. The summed E-state index contributed by atoms with van der Waals surface area (Å²) in [7, 11) is 0. The van der Waals surface area contributed by atoms with E-state index in [1.165, 1.54) is 16.9 Å². The molecule has 1 aliphatic heterocycles. The Kier molecular flexibility index (Phi) is 11.5. The highest BCUT2D eigenvalue weighted by atomic mass is 32.1. The van der Waals surface area contributed by atoms with Crippen LogP contribution in [-0.4, -0.2) is 50.4 Å². The number of carbonyl (C=O) groups excluding carboxylic acids is 2. The third-order valence-electron chi connectivity index (χ3n) is 7.43. The summed E-state index contributed by atoms with van der Waals surface area (Å²) >= 11 is 1.36. The molecule has 8 heteroatoms. The van der Waals surface area contributed by atoms with Crippen LogP contribution < -0.4 is 0 Å². The number of hydrogen-bond acceptors (Lipinski definition) is 8. The van der Waals surface area contributed by atoms with E-state index in [4.69, 9.17) is 4.74 Å². The lowest BCUT2D eigenvalue weighted by Crippen LogP contribution is -2.45. The van der Waals surface area contributed by atoms with Gasteiger partial charge in [-0.15, -0.1) is 11.3 Å². The first-order valence-electron chi connectivity index (χ1n) is 12.9. The fraction of sp³-hybridized carbons (Fsp3) is 0.679. The summed E-state index contributed by atoms with van der Waals surface area (Å²) in [5.41, 5.74) is 1.53. The predicted octanol–water partition coefficient (Wildman–Crippen LogP) is 4.84. The Balaban J connectivity index is 2.37. The van der Waals surface area contributed by atoms with Gasteiger partial charge in [0.15, 0.2) is 0 Å². The number of hydrogen-bond donors (Lipinski definition) is 3. The molecule has 0 bridgehead atoms. The first-order chi connectivity index (χ1) is 16.9. The molecule has 0 fully saturated rings. The van der Waals surface area contributed by atoms with E-state index < -0.39 is 35.6 Å². The number of ketones is 1. The van der Waals surface area contributed by atoms with Gasteiger partial charge < -0.3 is 20.1 Å². The second-order valence-corrected chi connectivity index (χ2v) is 11.5. The van der Waals surface area contributed by atoms with Gasteiger partial charge in [0, 0.05) is 17.7 Å². The van der Waals surface area contributed by atoms with E-state index in [9.17, 15) is 24.9 Å². The van der Waals surface area contributed by atoms with E-state index in [1.54, 1.807) is 20.8 Å². The Morgan fingerprint density at radius 3 is 2.58 bits per heavy atom. The van der Waals surface area contributed by atoms with E-state index in [0.29, 0.717) is 17.1 Å². The molecule has 0 aliphatic carbocycles. The number of esters is 1. The van der Waals surface area contributed by atoms with Gasteiger partial charge in [-0.05, 0) is 50.2 Å². The molecular formula is C28H43NO6S. The first-order valence-corrected chi connectivity index (χ1v) is 13.8. The largest absolute Gasteiger partial charge is 0.457 e. The summed E-state index contributed by atoms with van der Waals surface area (Å²) in [6.45, 7) is 10.7. The Morgan fingerprint density at radius 1 is 1.28 bits per heavy atom. The van der Waals surface area contributed by atoms with Gasteiger partial charge in [0.2, 0.25) is 0 Å². The summed E-state index contributed by atoms with van der Waals surface area (Å²) in [6, 6.07) is 0. The number of allylic oxidation sites excluding steroid dienone is 1. The molecule has 0 saturated carbocycles. The van der Waals surface area contributed by atoms with E-state index in [1.807, 2.05) is 25.3 Å². The Bertz CT molecular complexity index is 950. The molecule has 2 rings (SSSR count). The summed E-state index contributed by atoms with van der Waals surface area (Å²) < 4.78 is 5.83. The molecule has 0 unspecified atom stereocenters. The zero-order valence-corrected chi connectivity index (χ0v) is 23.3. The SMILES string of the molecule is CC/C1=C/C[C@@H](/C(C)=C/c2csc(CO)n2)OC(=O)C[C@H](O)C(C)(C)C(=O)[C@H](C)[C@@H](O)[C@@H](C)CCC1. The summed E-state index contributed by atoms with van der Waals surface area (Å²) in [4.78, 5) is 30.5. The maximum atomic E-state index is 13.2. The van der Waals surface area contributed by atoms with Crippen LogP contribution in [0.5, 0.6) is 0 Å². The Morgan fingerprint density at radius 2 is 1.97 bits per heavy atom. The van der Waals surface area contributed by atoms with Crippen molar-refractivity contribution in [1.29, 1.82) is 0 Å². The van der Waals surface area contributed by atoms with Gasteiger partial charge in [-0.25, -0.2) is 4.98 Å². The molecule has 5 atom stereocenters. The molecule has 1 aromatic heterocycles. The number of aliphatic hydroxyl groups excluding tert-OH is 3. The molecule has 3 N–H and O–H groups in total. The van der Waals surface area contributed by atoms with Gasteiger partial charge in [-0.2, -0.15) is 0 Å². The number of cyclic esters (lactones) is 1. The zero-order chi connectivity index (χ0) is 27.0. The zero-order valence-electron chi connectivity index (χ0n) is 22.5. The molecule has 202 valence electrons. The molecule has 1 aliphatic rings. The van der Waals surface area contributed by atoms with Crippen LogP contribution in [0.4, 0.5) is 0 Å². The van der Waals surface area contributed by atoms with Crippen LogP contribution >= 0.6 is 11.3 Å². The first kappa shape index (κ1) is 30.4. The number of carbonyl (C=O) groups is 2. The van der Waals surface area contributed by atoms with Crippen molar-refractivity contribution in [3.63, 3.8) is 0 Å². The minimum atomic E-state index is -1.24. The average Bonchev–Trinajstić information content (AvgIpc) is 3.30. The molecule has 36 heavy (non-hydrogen) atoms. The standard InChI is InChI=1S/C28H43NO6S/c1-7-20-10-8-9-17(2)26(33)19(4)27(34)28(5,6)23(31)14-25(32)35-22(12-11-20)18(3)13-21-16-36-24(15-30)29-21/h11,13,16-17,19,22-23,26,30-31,33H,7-10,12,14-15H2,1-6H3/b18-13+,20-11-/t17-,19+,22-,23-,26-/m0/s1. The normalized spacial score (nSPS) is 31.0. The maximum absolute atomic E-state index is 13.2. The molecular weight excluding hydrogens is 478 g/mol. The lowest BCUT2D eigenvalue weighted by atomic mass is 9.73. The van der Waals surface area contributed by atoms with Crippen molar-refractivity contribution in [1.82, 2.24) is 4.98 Å². The van der Waals surface area contributed by atoms with Crippen LogP contribution in [0.2, 0.25) is 0 Å². The van der Waals surface area contributed by atoms with E-state index >= 15 is 0 Å². The summed E-state index contributed by atoms with van der Waals surface area (Å²) in [5.74, 6) is -1.57. The van der Waals surface area contributed by atoms with Crippen LogP contribution in [0.15, 0.2) is 22.6 Å². The topological polar surface area (TPSA) is 117 Å². The Hall–Kier alpha value is -1.87. The van der Waals surface area contributed by atoms with Crippen LogP contribution in [0.25, 0.3) is 6.08 Å². The minimum Gasteiger partial charge on any atom is -0.457 e. The van der Waals surface area contributed by atoms with Crippen molar-refractivity contribution in [2.24, 2.45) is 17.3 Å². The van der Waals surface area contributed by atoms with Crippen molar-refractivity contribution in [3.05, 3.63) is 33.3 Å². The van der Waals surface area contributed by atoms with Crippen molar-refractivity contribution in [3.8, 4) is 0 Å². The number of nitrogens with zero attached hydrogens (tertiary/aromatic N) is 1. The van der Waals surface area contributed by atoms with Crippen LogP contribution in [0.3, 0.4) is 0 Å². The summed E-state index contributed by atoms with van der Waals surface area (Å²) in [6.07, 6.45) is 4.94. The molecule has 0 amide bonds. The van der Waals surface area contributed by atoms with Gasteiger partial charge in [0.1, 0.15) is 16.9 Å². The third-order valence-corrected chi connectivity index (χ3v) is 8.28. The van der Waals surface area contributed by atoms with Crippen LogP contribution in [-0.2, 0) is 20.9 Å². The predicted molar refractivity (Wildman–Crippen MR) is 142 cm³/mol. The highest BCUT2D eigenvalue weighted by Gasteiger charge is 2.42. The molecule has 0 aromatic carbocycles. The number of rotatable bonds is 4. The fourth-order valence-corrected chi connectivity index (χ4v) is 5.26. The summed E-state index contributed by atoms with van der Waals surface area (Å²) in [5, 5.41) is 33.4. The van der Waals surface area contributed by atoms with Crippen molar-refractivity contribution in [2.75, 3.05) is 0 Å². The molecule has 7 nitrogen and oxygen atoms in total. The second kappa shape index (κ2) is 13.6. The molecule has 0 spiro atoms. The number of aromatic nitrogens is 1. The molecule has 0 radical (unpaired) electrons. The fourth-order valence-electron chi connectivity index (χ4n) is 4.65. The molecule has 1 aromatic rings. The van der Waals surface area contributed by atoms with Gasteiger partial charge in [0.05, 0.1) is 36.3 Å². The van der Waals surface area contributed by atoms with E-state index in [2.05, 4.69) is 18.0 Å². The lowest BCUT2D eigenvalue weighted by molar-refractivity contribution is -0.154. The average molecular weight is 522 g/mol. The maximum Gasteiger partial charge on any atom is 0.309 e. The lowest BCUT2D eigenvalue weighted by Gasteiger charge is -2.34. The van der Waals surface area contributed by atoms with Gasteiger partial charge in [0.25, 0.3) is 0 Å². The number of Topliss-reactive ketones (excluding diaryl/α,β-unsaturated/α-hetero) is 1. The van der Waals surface area contributed by atoms with E-state index in [0.717, 1.165) is 31.3 Å². The quantitative estimate of drug-likeness (QED) is 0.383. The van der Waals surface area contributed by atoms with Gasteiger partial charge in [-0.1, -0.05) is 46.3 Å². The van der Waals surface area contributed by atoms with Crippen LogP contribution in [0, 0.1) is 17.3 Å². The van der Waals surface area contributed by atoms with Crippen LogP contribution in [0.1, 0.15) is 90.8 Å². The third kappa shape index (κ3) is 8.07. The van der Waals surface area contributed by atoms with Crippen molar-refractivity contribution < 1.29 is 29.6 Å². The molecule has 2 heterocycles. The highest BCUT2D eigenvalue weighted by Crippen LogP contribution is 2.32. The number of aliphatic hydroxyl groups is 3.